The normalized spacial score (nSPS) is 43.9. The minimum atomic E-state index is -0.994. The molecule has 0 aromatic carbocycles. The summed E-state index contributed by atoms with van der Waals surface area (Å²) in [5.74, 6) is -0.0763. The zero-order valence-electron chi connectivity index (χ0n) is 16.0. The van der Waals surface area contributed by atoms with E-state index in [9.17, 15) is 24.6 Å². The van der Waals surface area contributed by atoms with Gasteiger partial charge in [-0.3, -0.25) is 14.4 Å². The first-order valence-electron chi connectivity index (χ1n) is 10.0. The molecule has 4 aliphatic rings. The van der Waals surface area contributed by atoms with Gasteiger partial charge in [-0.1, -0.05) is 6.92 Å². The van der Waals surface area contributed by atoms with Crippen LogP contribution in [0.3, 0.4) is 0 Å². The fraction of sp³-hybridized carbons (Fsp3) is 0.762. The molecule has 3 saturated carbocycles. The lowest BCUT2D eigenvalue weighted by Crippen LogP contribution is -2.56. The molecule has 0 bridgehead atoms. The summed E-state index contributed by atoms with van der Waals surface area (Å²) in [5.41, 5.74) is -0.809. The van der Waals surface area contributed by atoms with E-state index in [0.717, 1.165) is 19.3 Å². The topological polar surface area (TPSA) is 101 Å². The molecule has 0 aromatic rings. The lowest BCUT2D eigenvalue weighted by Gasteiger charge is -2.57. The molecule has 0 radical (unpaired) electrons. The van der Waals surface area contributed by atoms with Gasteiger partial charge in [0.25, 0.3) is 0 Å². The molecule has 0 aliphatic heterocycles. The van der Waals surface area contributed by atoms with E-state index in [0.29, 0.717) is 37.0 Å². The fourth-order valence-electron chi connectivity index (χ4n) is 6.74. The smallest absolute Gasteiger partial charge is 0.307 e. The SMILES string of the molecule is CC(=O)OC1=C2C(=O)C[C@@H]3[C@H](CC[C@]4(C)C(=O)CC[C@@H]34)[C@@]2(CO)CC[C@@H]1O. The van der Waals surface area contributed by atoms with Crippen LogP contribution in [0.4, 0.5) is 0 Å². The van der Waals surface area contributed by atoms with Gasteiger partial charge in [-0.2, -0.15) is 0 Å². The molecule has 6 nitrogen and oxygen atoms in total. The highest BCUT2D eigenvalue weighted by molar-refractivity contribution is 5.99. The second kappa shape index (κ2) is 6.24. The number of hydrogen-bond acceptors (Lipinski definition) is 6. The molecule has 148 valence electrons. The summed E-state index contributed by atoms with van der Waals surface area (Å²) in [6.45, 7) is 3.09. The Morgan fingerprint density at radius 1 is 1.19 bits per heavy atom. The van der Waals surface area contributed by atoms with E-state index in [1.807, 2.05) is 6.92 Å². The number of esters is 1. The summed E-state index contributed by atoms with van der Waals surface area (Å²) in [7, 11) is 0. The minimum absolute atomic E-state index is 0.0436. The van der Waals surface area contributed by atoms with Crippen molar-refractivity contribution < 1.29 is 29.3 Å². The molecule has 4 rings (SSSR count). The number of carbonyl (C=O) groups excluding carboxylic acids is 3. The molecule has 2 N–H and O–H groups in total. The van der Waals surface area contributed by atoms with E-state index in [4.69, 9.17) is 4.74 Å². The maximum Gasteiger partial charge on any atom is 0.307 e. The van der Waals surface area contributed by atoms with Crippen LogP contribution >= 0.6 is 0 Å². The number of carbonyl (C=O) groups is 3. The van der Waals surface area contributed by atoms with Crippen LogP contribution in [0.2, 0.25) is 0 Å². The zero-order valence-corrected chi connectivity index (χ0v) is 16.0. The van der Waals surface area contributed by atoms with Gasteiger partial charge >= 0.3 is 5.97 Å². The lowest BCUT2D eigenvalue weighted by atomic mass is 9.46. The predicted octanol–water partition coefficient (Wildman–Crippen LogP) is 1.92. The van der Waals surface area contributed by atoms with Gasteiger partial charge in [0, 0.05) is 36.2 Å². The summed E-state index contributed by atoms with van der Waals surface area (Å²) in [5, 5.41) is 20.8. The third-order valence-corrected chi connectivity index (χ3v) is 8.00. The standard InChI is InChI=1S/C21H28O6/c1-11(23)27-19-15(24)6-8-21(10-22)14-5-7-20(2)13(3-4-17(20)26)12(14)9-16(25)18(19)21/h12-15,22,24H,3-10H2,1-2H3/t12-,13-,14-,15-,20-,21-/m0/s1. The number of aliphatic hydroxyl groups excluding tert-OH is 2. The Bertz CT molecular complexity index is 739. The quantitative estimate of drug-likeness (QED) is 0.714. The van der Waals surface area contributed by atoms with E-state index in [1.54, 1.807) is 0 Å². The monoisotopic (exact) mass is 376 g/mol. The first kappa shape index (κ1) is 18.8. The third kappa shape index (κ3) is 2.49. The van der Waals surface area contributed by atoms with E-state index in [-0.39, 0.29) is 41.3 Å². The van der Waals surface area contributed by atoms with Gasteiger partial charge in [-0.05, 0) is 49.9 Å². The second-order valence-corrected chi connectivity index (χ2v) is 9.12. The maximum atomic E-state index is 13.2. The molecule has 3 fully saturated rings. The van der Waals surface area contributed by atoms with Crippen LogP contribution in [0.1, 0.15) is 58.8 Å². The van der Waals surface area contributed by atoms with Gasteiger partial charge in [0.15, 0.2) is 5.78 Å². The molecule has 0 saturated heterocycles. The number of fused-ring (bicyclic) bond motifs is 5. The largest absolute Gasteiger partial charge is 0.428 e. The summed E-state index contributed by atoms with van der Waals surface area (Å²) in [6.07, 6.45) is 3.07. The van der Waals surface area contributed by atoms with E-state index in [1.165, 1.54) is 6.92 Å². The Morgan fingerprint density at radius 3 is 2.59 bits per heavy atom. The molecule has 0 heterocycles. The number of ether oxygens (including phenoxy) is 1. The minimum Gasteiger partial charge on any atom is -0.428 e. The average molecular weight is 376 g/mol. The van der Waals surface area contributed by atoms with Crippen molar-refractivity contribution in [1.82, 2.24) is 0 Å². The molecule has 6 atom stereocenters. The van der Waals surface area contributed by atoms with Crippen molar-refractivity contribution in [3.63, 3.8) is 0 Å². The van der Waals surface area contributed by atoms with Crippen molar-refractivity contribution in [2.45, 2.75) is 64.9 Å². The van der Waals surface area contributed by atoms with Crippen LogP contribution in [-0.4, -0.2) is 40.5 Å². The zero-order chi connectivity index (χ0) is 19.6. The summed E-state index contributed by atoms with van der Waals surface area (Å²) >= 11 is 0. The van der Waals surface area contributed by atoms with Crippen LogP contribution in [0.25, 0.3) is 0 Å². The Hall–Kier alpha value is -1.53. The van der Waals surface area contributed by atoms with Crippen LogP contribution in [0, 0.1) is 28.6 Å². The van der Waals surface area contributed by atoms with Crippen LogP contribution in [-0.2, 0) is 19.1 Å². The van der Waals surface area contributed by atoms with Gasteiger partial charge in [-0.15, -0.1) is 0 Å². The van der Waals surface area contributed by atoms with Crippen molar-refractivity contribution in [1.29, 1.82) is 0 Å². The molecule has 0 unspecified atom stereocenters. The van der Waals surface area contributed by atoms with E-state index < -0.39 is 17.5 Å². The van der Waals surface area contributed by atoms with Crippen molar-refractivity contribution in [2.75, 3.05) is 6.61 Å². The first-order chi connectivity index (χ1) is 12.7. The number of Topliss-reactive ketones (excluding diaryl/α,β-unsaturated/α-hetero) is 2. The lowest BCUT2D eigenvalue weighted by molar-refractivity contribution is -0.146. The maximum absolute atomic E-state index is 13.2. The van der Waals surface area contributed by atoms with Gasteiger partial charge in [-0.25, -0.2) is 0 Å². The molecule has 0 amide bonds. The number of rotatable bonds is 2. The number of ketones is 2. The summed E-state index contributed by atoms with van der Waals surface area (Å²) in [4.78, 5) is 37.3. The van der Waals surface area contributed by atoms with E-state index in [2.05, 4.69) is 0 Å². The second-order valence-electron chi connectivity index (χ2n) is 9.12. The number of hydrogen-bond donors (Lipinski definition) is 2. The van der Waals surface area contributed by atoms with Gasteiger partial charge in [0.05, 0.1) is 6.61 Å². The van der Waals surface area contributed by atoms with Crippen molar-refractivity contribution in [3.8, 4) is 0 Å². The number of aliphatic hydroxyl groups is 2. The third-order valence-electron chi connectivity index (χ3n) is 8.00. The fourth-order valence-corrected chi connectivity index (χ4v) is 6.74. The van der Waals surface area contributed by atoms with Gasteiger partial charge < -0.3 is 14.9 Å². The average Bonchev–Trinajstić information content (AvgIpc) is 2.92. The van der Waals surface area contributed by atoms with Crippen LogP contribution in [0.5, 0.6) is 0 Å². The molecule has 4 aliphatic carbocycles. The van der Waals surface area contributed by atoms with Crippen molar-refractivity contribution in [3.05, 3.63) is 11.3 Å². The predicted molar refractivity (Wildman–Crippen MR) is 95.2 cm³/mol. The van der Waals surface area contributed by atoms with Crippen LogP contribution < -0.4 is 0 Å². The molecular formula is C21H28O6. The van der Waals surface area contributed by atoms with Gasteiger partial charge in [0.2, 0.25) is 0 Å². The Morgan fingerprint density at radius 2 is 1.93 bits per heavy atom. The Labute approximate surface area is 159 Å². The molecular weight excluding hydrogens is 348 g/mol. The summed E-state index contributed by atoms with van der Waals surface area (Å²) < 4.78 is 5.28. The highest BCUT2D eigenvalue weighted by Crippen LogP contribution is 2.64. The van der Waals surface area contributed by atoms with Crippen molar-refractivity contribution >= 4 is 17.5 Å². The Balaban J connectivity index is 1.81. The van der Waals surface area contributed by atoms with E-state index >= 15 is 0 Å². The highest BCUT2D eigenvalue weighted by Gasteiger charge is 2.63. The molecule has 27 heavy (non-hydrogen) atoms. The first-order valence-corrected chi connectivity index (χ1v) is 10.0. The molecule has 0 spiro atoms. The molecule has 6 heteroatoms. The van der Waals surface area contributed by atoms with Crippen molar-refractivity contribution in [2.24, 2.45) is 28.6 Å². The Kier molecular flexibility index (Phi) is 4.35. The highest BCUT2D eigenvalue weighted by atomic mass is 16.5. The molecule has 0 aromatic heterocycles. The van der Waals surface area contributed by atoms with Crippen LogP contribution in [0.15, 0.2) is 11.3 Å². The summed E-state index contributed by atoms with van der Waals surface area (Å²) in [6, 6.07) is 0. The van der Waals surface area contributed by atoms with Gasteiger partial charge in [0.1, 0.15) is 17.6 Å².